The predicted octanol–water partition coefficient (Wildman–Crippen LogP) is 1.20. The molecule has 1 aliphatic heterocycles. The highest BCUT2D eigenvalue weighted by Gasteiger charge is 2.22. The fourth-order valence-corrected chi connectivity index (χ4v) is 3.01. The first-order valence-corrected chi connectivity index (χ1v) is 8.72. The van der Waals surface area contributed by atoms with E-state index in [1.807, 2.05) is 6.92 Å². The van der Waals surface area contributed by atoms with Crippen molar-refractivity contribution in [3.63, 3.8) is 0 Å². The van der Waals surface area contributed by atoms with Gasteiger partial charge in [-0.15, -0.1) is 0 Å². The molecule has 2 rings (SSSR count). The van der Waals surface area contributed by atoms with Crippen LogP contribution in [0.3, 0.4) is 0 Å². The first-order chi connectivity index (χ1) is 12.0. The number of amides is 1. The van der Waals surface area contributed by atoms with Crippen molar-refractivity contribution in [2.75, 3.05) is 44.8 Å². The molecule has 1 aliphatic rings. The van der Waals surface area contributed by atoms with Crippen LogP contribution in [0.25, 0.3) is 0 Å². The lowest BCUT2D eigenvalue weighted by atomic mass is 10.0. The van der Waals surface area contributed by atoms with Crippen molar-refractivity contribution in [2.45, 2.75) is 31.9 Å². The van der Waals surface area contributed by atoms with Crippen LogP contribution in [0.1, 0.15) is 31.4 Å². The van der Waals surface area contributed by atoms with Crippen molar-refractivity contribution in [3.8, 4) is 0 Å². The Kier molecular flexibility index (Phi) is 7.61. The lowest BCUT2D eigenvalue weighted by Gasteiger charge is -2.34. The number of methoxy groups -OCH3 is 1. The highest BCUT2D eigenvalue weighted by atomic mass is 19.1. The second-order valence-electron chi connectivity index (χ2n) is 6.38. The number of benzene rings is 1. The first-order valence-electron chi connectivity index (χ1n) is 8.72. The monoisotopic (exact) mass is 353 g/mol. The number of anilines is 1. The van der Waals surface area contributed by atoms with Crippen LogP contribution in [0, 0.1) is 5.82 Å². The number of halogens is 1. The van der Waals surface area contributed by atoms with E-state index in [2.05, 4.69) is 15.5 Å². The van der Waals surface area contributed by atoms with E-state index < -0.39 is 0 Å². The third kappa shape index (κ3) is 5.95. The van der Waals surface area contributed by atoms with E-state index in [4.69, 9.17) is 4.74 Å². The first kappa shape index (κ1) is 19.6. The average molecular weight is 353 g/mol. The lowest BCUT2D eigenvalue weighted by molar-refractivity contribution is -0.120. The summed E-state index contributed by atoms with van der Waals surface area (Å²) in [5.41, 5.74) is 1.66. The molecule has 1 heterocycles. The molecule has 1 saturated heterocycles. The van der Waals surface area contributed by atoms with E-state index in [1.165, 1.54) is 12.1 Å². The van der Waals surface area contributed by atoms with Crippen LogP contribution < -0.4 is 15.5 Å². The van der Waals surface area contributed by atoms with Gasteiger partial charge in [0.1, 0.15) is 5.82 Å². The Hall–Kier alpha value is -1.70. The second-order valence-corrected chi connectivity index (χ2v) is 6.38. The maximum Gasteiger partial charge on any atom is 0.234 e. The van der Waals surface area contributed by atoms with Crippen molar-refractivity contribution in [3.05, 3.63) is 29.6 Å². The molecule has 0 radical (unpaired) electrons. The third-order valence-corrected chi connectivity index (χ3v) is 4.41. The van der Waals surface area contributed by atoms with E-state index in [1.54, 1.807) is 13.2 Å². The zero-order valence-corrected chi connectivity index (χ0v) is 14.9. The minimum Gasteiger partial charge on any atom is -0.393 e. The van der Waals surface area contributed by atoms with Gasteiger partial charge < -0.3 is 25.4 Å². The van der Waals surface area contributed by atoms with E-state index in [0.29, 0.717) is 26.0 Å². The zero-order valence-electron chi connectivity index (χ0n) is 14.9. The zero-order chi connectivity index (χ0) is 18.2. The van der Waals surface area contributed by atoms with Gasteiger partial charge in [0.25, 0.3) is 0 Å². The number of hydrogen-bond acceptors (Lipinski definition) is 5. The van der Waals surface area contributed by atoms with Gasteiger partial charge in [0.05, 0.1) is 25.3 Å². The Morgan fingerprint density at radius 2 is 2.16 bits per heavy atom. The summed E-state index contributed by atoms with van der Waals surface area (Å²) in [5.74, 6) is -0.469. The minimum absolute atomic E-state index is 0.145. The van der Waals surface area contributed by atoms with Gasteiger partial charge in [0.15, 0.2) is 0 Å². The van der Waals surface area contributed by atoms with Crippen molar-refractivity contribution in [1.82, 2.24) is 10.6 Å². The minimum atomic E-state index is -0.324. The Morgan fingerprint density at radius 1 is 1.44 bits per heavy atom. The number of rotatable bonds is 8. The standard InChI is InChI=1S/C18H28FN3O3/c1-13(21-18(24)12-20-7-10-25-2)16-11-14(19)3-4-17(16)22-8-5-15(23)6-9-22/h3-4,11,13,15,20,23H,5-10,12H2,1-2H3,(H,21,24)/t13-/m1/s1. The molecule has 6 nitrogen and oxygen atoms in total. The fraction of sp³-hybridized carbons (Fsp3) is 0.611. The molecule has 1 aromatic carbocycles. The summed E-state index contributed by atoms with van der Waals surface area (Å²) in [7, 11) is 1.61. The summed E-state index contributed by atoms with van der Waals surface area (Å²) in [6.07, 6.45) is 1.12. The number of piperidine rings is 1. The maximum atomic E-state index is 13.8. The number of aliphatic hydroxyl groups excluding tert-OH is 1. The topological polar surface area (TPSA) is 73.8 Å². The SMILES string of the molecule is COCCNCC(=O)N[C@H](C)c1cc(F)ccc1N1CCC(O)CC1. The summed E-state index contributed by atoms with van der Waals surface area (Å²) >= 11 is 0. The van der Waals surface area contributed by atoms with Gasteiger partial charge in [0.2, 0.25) is 5.91 Å². The molecule has 0 aliphatic carbocycles. The van der Waals surface area contributed by atoms with Gasteiger partial charge in [-0.05, 0) is 38.0 Å². The molecule has 140 valence electrons. The summed E-state index contributed by atoms with van der Waals surface area (Å²) in [6.45, 7) is 4.62. The molecule has 25 heavy (non-hydrogen) atoms. The summed E-state index contributed by atoms with van der Waals surface area (Å²) in [6, 6.07) is 4.35. The second kappa shape index (κ2) is 9.70. The molecule has 0 spiro atoms. The van der Waals surface area contributed by atoms with Crippen LogP contribution in [0.4, 0.5) is 10.1 Å². The average Bonchev–Trinajstić information content (AvgIpc) is 2.59. The van der Waals surface area contributed by atoms with Crippen molar-refractivity contribution in [2.24, 2.45) is 0 Å². The highest BCUT2D eigenvalue weighted by molar-refractivity contribution is 5.78. The van der Waals surface area contributed by atoms with Gasteiger partial charge in [-0.1, -0.05) is 0 Å². The molecule has 0 saturated carbocycles. The Morgan fingerprint density at radius 3 is 2.84 bits per heavy atom. The quantitative estimate of drug-likeness (QED) is 0.613. The normalized spacial score (nSPS) is 16.7. The van der Waals surface area contributed by atoms with Crippen LogP contribution in [0.2, 0.25) is 0 Å². The van der Waals surface area contributed by atoms with Crippen LogP contribution in [0.15, 0.2) is 18.2 Å². The van der Waals surface area contributed by atoms with Crippen LogP contribution in [0.5, 0.6) is 0 Å². The van der Waals surface area contributed by atoms with E-state index in [0.717, 1.165) is 24.3 Å². The van der Waals surface area contributed by atoms with Crippen molar-refractivity contribution < 1.29 is 19.0 Å². The molecule has 1 aromatic rings. The number of carbonyl (C=O) groups excluding carboxylic acids is 1. The van der Waals surface area contributed by atoms with Crippen molar-refractivity contribution >= 4 is 11.6 Å². The van der Waals surface area contributed by atoms with Gasteiger partial charge in [0, 0.05) is 38.0 Å². The van der Waals surface area contributed by atoms with E-state index in [9.17, 15) is 14.3 Å². The number of nitrogens with one attached hydrogen (secondary N) is 2. The molecule has 3 N–H and O–H groups in total. The van der Waals surface area contributed by atoms with E-state index >= 15 is 0 Å². The fourth-order valence-electron chi connectivity index (χ4n) is 3.01. The predicted molar refractivity (Wildman–Crippen MR) is 95.2 cm³/mol. The molecule has 1 atom stereocenters. The molecule has 1 fully saturated rings. The number of nitrogens with zero attached hydrogens (tertiary/aromatic N) is 1. The summed E-state index contributed by atoms with van der Waals surface area (Å²) in [5, 5.41) is 15.6. The molecular weight excluding hydrogens is 325 g/mol. The van der Waals surface area contributed by atoms with Gasteiger partial charge in [-0.3, -0.25) is 4.79 Å². The summed E-state index contributed by atoms with van der Waals surface area (Å²) < 4.78 is 18.7. The Labute approximate surface area is 148 Å². The molecule has 1 amide bonds. The number of aliphatic hydroxyl groups is 1. The Bertz CT molecular complexity index is 562. The van der Waals surface area contributed by atoms with E-state index in [-0.39, 0.29) is 30.4 Å². The summed E-state index contributed by atoms with van der Waals surface area (Å²) in [4.78, 5) is 14.2. The number of ether oxygens (including phenoxy) is 1. The van der Waals surface area contributed by atoms with Crippen LogP contribution in [-0.2, 0) is 9.53 Å². The van der Waals surface area contributed by atoms with Crippen LogP contribution >= 0.6 is 0 Å². The van der Waals surface area contributed by atoms with Gasteiger partial charge in [-0.25, -0.2) is 4.39 Å². The largest absolute Gasteiger partial charge is 0.393 e. The van der Waals surface area contributed by atoms with Crippen molar-refractivity contribution in [1.29, 1.82) is 0 Å². The van der Waals surface area contributed by atoms with Gasteiger partial charge >= 0.3 is 0 Å². The molecule has 0 unspecified atom stereocenters. The smallest absolute Gasteiger partial charge is 0.234 e. The molecule has 7 heteroatoms. The number of hydrogen-bond donors (Lipinski definition) is 3. The maximum absolute atomic E-state index is 13.8. The lowest BCUT2D eigenvalue weighted by Crippen LogP contribution is -2.39. The third-order valence-electron chi connectivity index (χ3n) is 4.41. The highest BCUT2D eigenvalue weighted by Crippen LogP contribution is 2.29. The van der Waals surface area contributed by atoms with Gasteiger partial charge in [-0.2, -0.15) is 0 Å². The molecule has 0 aromatic heterocycles. The van der Waals surface area contributed by atoms with Crippen LogP contribution in [-0.4, -0.2) is 57.0 Å². The number of carbonyl (C=O) groups is 1. The Balaban J connectivity index is 2.01. The molecular formula is C18H28FN3O3. The molecule has 0 bridgehead atoms.